The van der Waals surface area contributed by atoms with Crippen molar-refractivity contribution in [3.8, 4) is 11.3 Å². The summed E-state index contributed by atoms with van der Waals surface area (Å²) in [6.45, 7) is 4.18. The van der Waals surface area contributed by atoms with Gasteiger partial charge in [0.15, 0.2) is 5.82 Å². The van der Waals surface area contributed by atoms with E-state index in [1.165, 1.54) is 49.7 Å². The molecule has 2 aromatic rings. The van der Waals surface area contributed by atoms with E-state index in [4.69, 9.17) is 9.97 Å². The molecule has 1 N–H and O–H groups in total. The van der Waals surface area contributed by atoms with Crippen LogP contribution in [0.4, 0.5) is 5.82 Å². The van der Waals surface area contributed by atoms with Crippen LogP contribution in [-0.4, -0.2) is 15.9 Å². The van der Waals surface area contributed by atoms with E-state index in [-0.39, 0.29) is 5.91 Å². The third-order valence-corrected chi connectivity index (χ3v) is 8.50. The number of aryl methyl sites for hydroxylation is 2. The Labute approximate surface area is 191 Å². The van der Waals surface area contributed by atoms with Crippen molar-refractivity contribution < 1.29 is 4.79 Å². The number of aromatic nitrogens is 2. The highest BCUT2D eigenvalue weighted by molar-refractivity contribution is 5.90. The Morgan fingerprint density at radius 2 is 1.72 bits per heavy atom. The Kier molecular flexibility index (Phi) is 4.89. The quantitative estimate of drug-likeness (QED) is 0.635. The van der Waals surface area contributed by atoms with Gasteiger partial charge in [0, 0.05) is 12.0 Å². The minimum atomic E-state index is 0.0669. The van der Waals surface area contributed by atoms with Gasteiger partial charge in [0.1, 0.15) is 0 Å². The first-order valence-electron chi connectivity index (χ1n) is 12.7. The number of hydrogen-bond donors (Lipinski definition) is 1. The average molecular weight is 430 g/mol. The Morgan fingerprint density at radius 3 is 2.41 bits per heavy atom. The van der Waals surface area contributed by atoms with Crippen LogP contribution < -0.4 is 5.32 Å². The summed E-state index contributed by atoms with van der Waals surface area (Å²) in [6.07, 6.45) is 11.7. The van der Waals surface area contributed by atoms with Gasteiger partial charge < -0.3 is 5.32 Å². The van der Waals surface area contributed by atoms with E-state index < -0.39 is 0 Å². The molecule has 7 rings (SSSR count). The van der Waals surface area contributed by atoms with Gasteiger partial charge >= 0.3 is 0 Å². The molecule has 168 valence electrons. The summed E-state index contributed by atoms with van der Waals surface area (Å²) < 4.78 is 0. The van der Waals surface area contributed by atoms with Crippen molar-refractivity contribution in [1.82, 2.24) is 9.97 Å². The highest BCUT2D eigenvalue weighted by atomic mass is 16.1. The van der Waals surface area contributed by atoms with E-state index in [2.05, 4.69) is 43.4 Å². The van der Waals surface area contributed by atoms with E-state index >= 15 is 0 Å². The predicted octanol–water partition coefficient (Wildman–Crippen LogP) is 5.99. The summed E-state index contributed by atoms with van der Waals surface area (Å²) in [5, 5.41) is 3.19. The molecule has 4 saturated carbocycles. The number of nitrogens with one attached hydrogen (secondary N) is 1. The summed E-state index contributed by atoms with van der Waals surface area (Å²) >= 11 is 0. The zero-order chi connectivity index (χ0) is 21.9. The maximum Gasteiger partial charge on any atom is 0.225 e. The van der Waals surface area contributed by atoms with Crippen molar-refractivity contribution >= 4 is 11.7 Å². The summed E-state index contributed by atoms with van der Waals surface area (Å²) in [4.78, 5) is 23.1. The highest BCUT2D eigenvalue weighted by Crippen LogP contribution is 2.61. The highest BCUT2D eigenvalue weighted by Gasteiger charge is 2.51. The second-order valence-corrected chi connectivity index (χ2v) is 11.7. The van der Waals surface area contributed by atoms with Crippen LogP contribution in [0, 0.1) is 29.1 Å². The van der Waals surface area contributed by atoms with Crippen molar-refractivity contribution in [2.24, 2.45) is 29.1 Å². The van der Waals surface area contributed by atoms with Crippen LogP contribution in [0.15, 0.2) is 24.3 Å². The molecule has 0 spiro atoms. The lowest BCUT2D eigenvalue weighted by atomic mass is 9.48. The molecule has 0 radical (unpaired) electrons. The zero-order valence-corrected chi connectivity index (χ0v) is 19.5. The molecule has 4 bridgehead atoms. The van der Waals surface area contributed by atoms with Crippen LogP contribution in [0.3, 0.4) is 0 Å². The van der Waals surface area contributed by atoms with Gasteiger partial charge in [-0.05, 0) is 92.4 Å². The number of benzene rings is 1. The molecule has 0 unspecified atom stereocenters. The number of anilines is 1. The molecule has 1 aromatic carbocycles. The fourth-order valence-electron chi connectivity index (χ4n) is 7.76. The van der Waals surface area contributed by atoms with Crippen LogP contribution in [0.2, 0.25) is 0 Å². The second-order valence-electron chi connectivity index (χ2n) is 11.7. The molecule has 4 nitrogen and oxygen atoms in total. The fourth-order valence-corrected chi connectivity index (χ4v) is 7.76. The third kappa shape index (κ3) is 3.66. The van der Waals surface area contributed by atoms with Gasteiger partial charge in [0.25, 0.3) is 0 Å². The van der Waals surface area contributed by atoms with Crippen molar-refractivity contribution in [3.63, 3.8) is 0 Å². The lowest BCUT2D eigenvalue weighted by Gasteiger charge is -2.57. The van der Waals surface area contributed by atoms with E-state index in [0.29, 0.717) is 17.8 Å². The molecule has 0 saturated heterocycles. The predicted molar refractivity (Wildman–Crippen MR) is 127 cm³/mol. The van der Waals surface area contributed by atoms with Crippen LogP contribution in [0.1, 0.15) is 75.7 Å². The molecule has 1 heterocycles. The number of rotatable bonds is 5. The minimum Gasteiger partial charge on any atom is -0.309 e. The van der Waals surface area contributed by atoms with Gasteiger partial charge in [-0.15, -0.1) is 0 Å². The first-order chi connectivity index (χ1) is 15.5. The Balaban J connectivity index is 1.39. The summed E-state index contributed by atoms with van der Waals surface area (Å²) in [5.74, 6) is 3.87. The smallest absolute Gasteiger partial charge is 0.225 e. The van der Waals surface area contributed by atoms with E-state index in [9.17, 15) is 4.79 Å². The van der Waals surface area contributed by atoms with Gasteiger partial charge in [0.2, 0.25) is 5.91 Å². The molecule has 0 aliphatic heterocycles. The molecule has 0 atom stereocenters. The van der Waals surface area contributed by atoms with Gasteiger partial charge in [-0.25, -0.2) is 9.97 Å². The maximum absolute atomic E-state index is 12.7. The van der Waals surface area contributed by atoms with Crippen LogP contribution in [0.5, 0.6) is 0 Å². The van der Waals surface area contributed by atoms with Crippen LogP contribution >= 0.6 is 0 Å². The lowest BCUT2D eigenvalue weighted by molar-refractivity contribution is -0.116. The SMILES string of the molecule is CC(C)CC(=O)Nc1nc2c(nc1CC13CC4CC(CC(C4)C1)C3)-c1ccccc1CC2. The van der Waals surface area contributed by atoms with Gasteiger partial charge in [-0.1, -0.05) is 38.1 Å². The standard InChI is InChI=1S/C28H35N3O/c1-17(2)9-25(32)31-27-24(16-28-13-18-10-19(14-28)12-20(11-18)15-28)29-26-22-6-4-3-5-21(22)7-8-23(26)30-27/h3-6,17-20H,7-16H2,1-2H3,(H,30,31,32). The van der Waals surface area contributed by atoms with Crippen molar-refractivity contribution in [2.45, 2.75) is 78.1 Å². The summed E-state index contributed by atoms with van der Waals surface area (Å²) in [7, 11) is 0. The second kappa shape index (κ2) is 7.67. The third-order valence-electron chi connectivity index (χ3n) is 8.50. The maximum atomic E-state index is 12.7. The lowest BCUT2D eigenvalue weighted by Crippen LogP contribution is -2.47. The van der Waals surface area contributed by atoms with Crippen LogP contribution in [-0.2, 0) is 24.1 Å². The number of hydrogen-bond acceptors (Lipinski definition) is 3. The number of fused-ring (bicyclic) bond motifs is 3. The molecular weight excluding hydrogens is 394 g/mol. The number of carbonyl (C=O) groups is 1. The molecule has 4 heteroatoms. The number of carbonyl (C=O) groups excluding carboxylic acids is 1. The van der Waals surface area contributed by atoms with Gasteiger partial charge in [-0.3, -0.25) is 4.79 Å². The fraction of sp³-hybridized carbons (Fsp3) is 0.607. The van der Waals surface area contributed by atoms with Gasteiger partial charge in [-0.2, -0.15) is 0 Å². The molecule has 5 aliphatic rings. The summed E-state index contributed by atoms with van der Waals surface area (Å²) in [5.41, 5.74) is 6.08. The van der Waals surface area contributed by atoms with Crippen LogP contribution in [0.25, 0.3) is 11.3 Å². The molecule has 1 amide bonds. The first-order valence-corrected chi connectivity index (χ1v) is 12.7. The number of amides is 1. The number of nitrogens with zero attached hydrogens (tertiary/aromatic N) is 2. The molecule has 32 heavy (non-hydrogen) atoms. The van der Waals surface area contributed by atoms with E-state index in [0.717, 1.165) is 59.9 Å². The average Bonchev–Trinajstić information content (AvgIpc) is 2.72. The van der Waals surface area contributed by atoms with Crippen molar-refractivity contribution in [2.75, 3.05) is 5.32 Å². The first kappa shape index (κ1) is 20.4. The molecule has 5 aliphatic carbocycles. The molecule has 1 aromatic heterocycles. The zero-order valence-electron chi connectivity index (χ0n) is 19.5. The van der Waals surface area contributed by atoms with E-state index in [1.54, 1.807) is 0 Å². The largest absolute Gasteiger partial charge is 0.309 e. The van der Waals surface area contributed by atoms with Gasteiger partial charge in [0.05, 0.1) is 17.1 Å². The van der Waals surface area contributed by atoms with Crippen molar-refractivity contribution in [3.05, 3.63) is 41.2 Å². The Bertz CT molecular complexity index is 1020. The van der Waals surface area contributed by atoms with Crippen molar-refractivity contribution in [1.29, 1.82) is 0 Å². The summed E-state index contributed by atoms with van der Waals surface area (Å²) in [6, 6.07) is 8.63. The monoisotopic (exact) mass is 429 g/mol. The normalized spacial score (nSPS) is 29.7. The molecular formula is C28H35N3O. The molecule has 4 fully saturated rings. The van der Waals surface area contributed by atoms with E-state index in [1.807, 2.05) is 0 Å². The Morgan fingerprint density at radius 1 is 1.03 bits per heavy atom. The minimum absolute atomic E-state index is 0.0669. The topological polar surface area (TPSA) is 54.9 Å². The Hall–Kier alpha value is -2.23.